The van der Waals surface area contributed by atoms with E-state index >= 15 is 0 Å². The Kier molecular flexibility index (Phi) is 4.57. The second kappa shape index (κ2) is 6.19. The van der Waals surface area contributed by atoms with Crippen molar-refractivity contribution in [1.29, 1.82) is 5.26 Å². The van der Waals surface area contributed by atoms with E-state index in [9.17, 15) is 10.1 Å². The molecule has 1 heterocycles. The van der Waals surface area contributed by atoms with Crippen molar-refractivity contribution in [3.05, 3.63) is 35.9 Å². The van der Waals surface area contributed by atoms with Crippen LogP contribution in [0.5, 0.6) is 0 Å². The molecular formula is C17H21NO2. The quantitative estimate of drug-likeness (QED) is 0.784. The molecule has 0 saturated carbocycles. The van der Waals surface area contributed by atoms with Gasteiger partial charge in [-0.05, 0) is 25.2 Å². The summed E-state index contributed by atoms with van der Waals surface area (Å²) in [6.45, 7) is 4.01. The molecule has 0 spiro atoms. The Morgan fingerprint density at radius 3 is 2.75 bits per heavy atom. The highest BCUT2D eigenvalue weighted by Gasteiger charge is 2.40. The summed E-state index contributed by atoms with van der Waals surface area (Å²) in [5, 5.41) is 9.42. The number of benzene rings is 1. The molecule has 0 aliphatic carbocycles. The Morgan fingerprint density at radius 2 is 2.15 bits per heavy atom. The van der Waals surface area contributed by atoms with Gasteiger partial charge in [0.2, 0.25) is 0 Å². The maximum Gasteiger partial charge on any atom is 0.165 e. The van der Waals surface area contributed by atoms with Gasteiger partial charge < -0.3 is 4.74 Å². The Bertz CT molecular complexity index is 503. The standard InChI is InChI=1S/C17H21NO2/c1-13(2)17(12-18)10-6-9-15(20-17)11-16(19)14-7-4-3-5-8-14/h3-5,7-8,13,15H,6,9-11H2,1-2H3/t15-,17-/m0/s1. The molecule has 0 unspecified atom stereocenters. The molecule has 0 amide bonds. The summed E-state index contributed by atoms with van der Waals surface area (Å²) in [5.41, 5.74) is -0.00588. The first-order valence-electron chi connectivity index (χ1n) is 7.25. The van der Waals surface area contributed by atoms with Crippen molar-refractivity contribution in [3.63, 3.8) is 0 Å². The zero-order valence-electron chi connectivity index (χ0n) is 12.1. The van der Waals surface area contributed by atoms with Crippen molar-refractivity contribution in [1.82, 2.24) is 0 Å². The third kappa shape index (κ3) is 3.08. The molecule has 1 saturated heterocycles. The topological polar surface area (TPSA) is 50.1 Å². The number of hydrogen-bond acceptors (Lipinski definition) is 3. The Morgan fingerprint density at radius 1 is 1.45 bits per heavy atom. The summed E-state index contributed by atoms with van der Waals surface area (Å²) < 4.78 is 5.99. The Hall–Kier alpha value is -1.66. The van der Waals surface area contributed by atoms with Crippen LogP contribution in [0.25, 0.3) is 0 Å². The van der Waals surface area contributed by atoms with Crippen molar-refractivity contribution in [3.8, 4) is 6.07 Å². The van der Waals surface area contributed by atoms with Crippen LogP contribution in [0.3, 0.4) is 0 Å². The van der Waals surface area contributed by atoms with Crippen LogP contribution in [0.4, 0.5) is 0 Å². The zero-order chi connectivity index (χ0) is 14.6. The van der Waals surface area contributed by atoms with E-state index in [0.717, 1.165) is 19.3 Å². The molecule has 1 aromatic carbocycles. The highest BCUT2D eigenvalue weighted by molar-refractivity contribution is 5.96. The van der Waals surface area contributed by atoms with Gasteiger partial charge in [0.05, 0.1) is 12.2 Å². The lowest BCUT2D eigenvalue weighted by Crippen LogP contribution is -2.44. The average Bonchev–Trinajstić information content (AvgIpc) is 2.48. The van der Waals surface area contributed by atoms with Crippen LogP contribution in [0.15, 0.2) is 30.3 Å². The largest absolute Gasteiger partial charge is 0.356 e. The first-order chi connectivity index (χ1) is 9.57. The van der Waals surface area contributed by atoms with Gasteiger partial charge in [-0.3, -0.25) is 4.79 Å². The Labute approximate surface area is 120 Å². The maximum atomic E-state index is 12.2. The van der Waals surface area contributed by atoms with Crippen molar-refractivity contribution >= 4 is 5.78 Å². The van der Waals surface area contributed by atoms with Gasteiger partial charge in [-0.15, -0.1) is 0 Å². The van der Waals surface area contributed by atoms with Crippen LogP contribution in [-0.4, -0.2) is 17.5 Å². The summed E-state index contributed by atoms with van der Waals surface area (Å²) in [7, 11) is 0. The molecule has 0 radical (unpaired) electrons. The lowest BCUT2D eigenvalue weighted by atomic mass is 9.82. The van der Waals surface area contributed by atoms with Gasteiger partial charge in [-0.25, -0.2) is 0 Å². The van der Waals surface area contributed by atoms with E-state index in [-0.39, 0.29) is 17.8 Å². The molecule has 20 heavy (non-hydrogen) atoms. The second-order valence-electron chi connectivity index (χ2n) is 5.78. The number of hydrogen-bond donors (Lipinski definition) is 0. The molecule has 0 bridgehead atoms. The van der Waals surface area contributed by atoms with Crippen LogP contribution < -0.4 is 0 Å². The molecule has 1 fully saturated rings. The highest BCUT2D eigenvalue weighted by Crippen LogP contribution is 2.35. The van der Waals surface area contributed by atoms with Crippen LogP contribution in [0.1, 0.15) is 49.9 Å². The minimum Gasteiger partial charge on any atom is -0.356 e. The molecule has 106 valence electrons. The zero-order valence-corrected chi connectivity index (χ0v) is 12.1. The fraction of sp³-hybridized carbons (Fsp3) is 0.529. The predicted octanol–water partition coefficient (Wildman–Crippen LogP) is 3.75. The number of ether oxygens (including phenoxy) is 1. The third-order valence-electron chi connectivity index (χ3n) is 4.08. The lowest BCUT2D eigenvalue weighted by Gasteiger charge is -2.39. The number of carbonyl (C=O) groups is 1. The molecule has 0 aromatic heterocycles. The molecule has 1 aliphatic rings. The van der Waals surface area contributed by atoms with Crippen molar-refractivity contribution in [2.75, 3.05) is 0 Å². The molecule has 2 rings (SSSR count). The van der Waals surface area contributed by atoms with Crippen molar-refractivity contribution < 1.29 is 9.53 Å². The smallest absolute Gasteiger partial charge is 0.165 e. The van der Waals surface area contributed by atoms with E-state index in [4.69, 9.17) is 4.74 Å². The molecule has 3 nitrogen and oxygen atoms in total. The normalized spacial score (nSPS) is 26.2. The number of Topliss-reactive ketones (excluding diaryl/α,β-unsaturated/α-hetero) is 1. The maximum absolute atomic E-state index is 12.2. The fourth-order valence-electron chi connectivity index (χ4n) is 2.74. The summed E-state index contributed by atoms with van der Waals surface area (Å²) in [4.78, 5) is 12.2. The monoisotopic (exact) mass is 271 g/mol. The van der Waals surface area contributed by atoms with Gasteiger partial charge in [0.1, 0.15) is 0 Å². The summed E-state index contributed by atoms with van der Waals surface area (Å²) in [6.07, 6.45) is 2.78. The van der Waals surface area contributed by atoms with Gasteiger partial charge in [0, 0.05) is 12.0 Å². The fourth-order valence-corrected chi connectivity index (χ4v) is 2.74. The minimum atomic E-state index is -0.722. The summed E-state index contributed by atoms with van der Waals surface area (Å²) >= 11 is 0. The molecule has 1 aliphatic heterocycles. The van der Waals surface area contributed by atoms with Gasteiger partial charge >= 0.3 is 0 Å². The van der Waals surface area contributed by atoms with Crippen molar-refractivity contribution in [2.24, 2.45) is 5.92 Å². The van der Waals surface area contributed by atoms with Gasteiger partial charge in [-0.2, -0.15) is 5.26 Å². The number of nitrogens with zero attached hydrogens (tertiary/aromatic N) is 1. The lowest BCUT2D eigenvalue weighted by molar-refractivity contribution is -0.116. The van der Waals surface area contributed by atoms with E-state index in [1.54, 1.807) is 0 Å². The molecule has 0 N–H and O–H groups in total. The first-order valence-corrected chi connectivity index (χ1v) is 7.25. The van der Waals surface area contributed by atoms with E-state index in [2.05, 4.69) is 6.07 Å². The van der Waals surface area contributed by atoms with Crippen LogP contribution >= 0.6 is 0 Å². The number of ketones is 1. The minimum absolute atomic E-state index is 0.0908. The van der Waals surface area contributed by atoms with Crippen molar-refractivity contribution in [2.45, 2.75) is 51.2 Å². The van der Waals surface area contributed by atoms with Gasteiger partial charge in [0.25, 0.3) is 0 Å². The van der Waals surface area contributed by atoms with Crippen LogP contribution in [-0.2, 0) is 4.74 Å². The SMILES string of the molecule is CC(C)[C@@]1(C#N)CCC[C@@H](CC(=O)c2ccccc2)O1. The first kappa shape index (κ1) is 14.7. The van der Waals surface area contributed by atoms with Crippen LogP contribution in [0, 0.1) is 17.2 Å². The second-order valence-corrected chi connectivity index (χ2v) is 5.78. The molecule has 2 atom stereocenters. The van der Waals surface area contributed by atoms with E-state index < -0.39 is 5.60 Å². The van der Waals surface area contributed by atoms with Crippen LogP contribution in [0.2, 0.25) is 0 Å². The molecule has 3 heteroatoms. The van der Waals surface area contributed by atoms with Gasteiger partial charge in [0.15, 0.2) is 11.4 Å². The number of rotatable bonds is 4. The predicted molar refractivity (Wildman–Crippen MR) is 77.3 cm³/mol. The summed E-state index contributed by atoms with van der Waals surface area (Å²) in [5.74, 6) is 0.232. The van der Waals surface area contributed by atoms with E-state index in [1.807, 2.05) is 44.2 Å². The average molecular weight is 271 g/mol. The van der Waals surface area contributed by atoms with Gasteiger partial charge in [-0.1, -0.05) is 44.2 Å². The van der Waals surface area contributed by atoms with E-state index in [0.29, 0.717) is 12.0 Å². The summed E-state index contributed by atoms with van der Waals surface area (Å²) in [6, 6.07) is 11.6. The highest BCUT2D eigenvalue weighted by atomic mass is 16.5. The Balaban J connectivity index is 2.04. The third-order valence-corrected chi connectivity index (χ3v) is 4.08. The molecular weight excluding hydrogens is 250 g/mol. The van der Waals surface area contributed by atoms with E-state index in [1.165, 1.54) is 0 Å². The number of carbonyl (C=O) groups excluding carboxylic acids is 1. The molecule has 1 aromatic rings. The number of nitriles is 1.